The minimum Gasteiger partial charge on any atom is -0.497 e. The lowest BCUT2D eigenvalue weighted by Gasteiger charge is -2.18. The number of aryl methyl sites for hydroxylation is 2. The Hall–Kier alpha value is -3.26. The number of imidazole rings is 1. The Balaban J connectivity index is 1.57. The van der Waals surface area contributed by atoms with Gasteiger partial charge in [0.15, 0.2) is 5.16 Å². The van der Waals surface area contributed by atoms with Gasteiger partial charge in [-0.15, -0.1) is 0 Å². The van der Waals surface area contributed by atoms with E-state index in [0.29, 0.717) is 5.16 Å². The summed E-state index contributed by atoms with van der Waals surface area (Å²) < 4.78 is 7.17. The number of hydrogen-bond acceptors (Lipinski definition) is 5. The highest BCUT2D eigenvalue weighted by Gasteiger charge is 2.16. The summed E-state index contributed by atoms with van der Waals surface area (Å²) in [5, 5.41) is 3.60. The van der Waals surface area contributed by atoms with Crippen molar-refractivity contribution in [2.24, 2.45) is 0 Å². The number of likely N-dealkylation sites (N-methyl/N-ethyl adjacent to an activating group) is 1. The molecule has 1 aromatic heterocycles. The van der Waals surface area contributed by atoms with Crippen molar-refractivity contribution in [3.8, 4) is 11.4 Å². The third-order valence-corrected chi connectivity index (χ3v) is 5.77. The van der Waals surface area contributed by atoms with Gasteiger partial charge in [0.25, 0.3) is 0 Å². The average molecular weight is 439 g/mol. The van der Waals surface area contributed by atoms with E-state index in [1.807, 2.05) is 67.1 Å². The lowest BCUT2D eigenvalue weighted by atomic mass is 10.1. The lowest BCUT2D eigenvalue weighted by molar-refractivity contribution is -0.131. The Labute approximate surface area is 186 Å². The molecule has 1 heterocycles. The van der Waals surface area contributed by atoms with Crippen LogP contribution in [0.2, 0.25) is 0 Å². The van der Waals surface area contributed by atoms with Gasteiger partial charge in [-0.3, -0.25) is 14.2 Å². The quantitative estimate of drug-likeness (QED) is 0.543. The van der Waals surface area contributed by atoms with E-state index in [1.165, 1.54) is 16.7 Å². The maximum absolute atomic E-state index is 12.6. The molecule has 0 atom stereocenters. The molecule has 31 heavy (non-hydrogen) atoms. The van der Waals surface area contributed by atoms with Gasteiger partial charge in [-0.2, -0.15) is 0 Å². The number of hydrogen-bond donors (Lipinski definition) is 1. The summed E-state index contributed by atoms with van der Waals surface area (Å²) in [5.74, 6) is 0.541. The fourth-order valence-corrected chi connectivity index (χ4v) is 4.00. The zero-order valence-electron chi connectivity index (χ0n) is 18.1. The molecule has 0 unspecified atom stereocenters. The van der Waals surface area contributed by atoms with Gasteiger partial charge < -0.3 is 15.0 Å². The van der Waals surface area contributed by atoms with Crippen molar-refractivity contribution in [2.75, 3.05) is 31.8 Å². The Bertz CT molecular complexity index is 1060. The Morgan fingerprint density at radius 1 is 1.16 bits per heavy atom. The molecule has 3 aromatic rings. The second kappa shape index (κ2) is 10.2. The van der Waals surface area contributed by atoms with Gasteiger partial charge in [-0.05, 0) is 37.1 Å². The molecule has 0 fully saturated rings. The molecule has 7 nitrogen and oxygen atoms in total. The molecule has 2 amide bonds. The number of ether oxygens (including phenoxy) is 1. The minimum atomic E-state index is -0.226. The number of rotatable bonds is 8. The zero-order chi connectivity index (χ0) is 22.4. The number of carbonyl (C=O) groups excluding carboxylic acids is 2. The number of amides is 2. The van der Waals surface area contributed by atoms with Crippen LogP contribution in [0.25, 0.3) is 5.69 Å². The van der Waals surface area contributed by atoms with Crippen LogP contribution in [0.3, 0.4) is 0 Å². The first-order valence-corrected chi connectivity index (χ1v) is 10.8. The maximum Gasteiger partial charge on any atom is 0.243 e. The van der Waals surface area contributed by atoms with Crippen molar-refractivity contribution in [1.82, 2.24) is 14.5 Å². The fraction of sp³-hybridized carbons (Fsp3) is 0.261. The standard InChI is InChI=1S/C23H26N4O3S/c1-16-7-5-8-17(2)22(16)25-20(28)14-26(3)21(29)15-31-23-24-11-12-27(23)18-9-6-10-19(13-18)30-4/h5-13H,14-15H2,1-4H3,(H,25,28). The summed E-state index contributed by atoms with van der Waals surface area (Å²) in [7, 11) is 3.25. The Morgan fingerprint density at radius 2 is 1.87 bits per heavy atom. The normalized spacial score (nSPS) is 10.6. The van der Waals surface area contributed by atoms with E-state index in [1.54, 1.807) is 20.4 Å². The van der Waals surface area contributed by atoms with Crippen LogP contribution in [0.5, 0.6) is 5.75 Å². The molecule has 0 saturated heterocycles. The van der Waals surface area contributed by atoms with E-state index < -0.39 is 0 Å². The first-order valence-electron chi connectivity index (χ1n) is 9.79. The monoisotopic (exact) mass is 438 g/mol. The van der Waals surface area contributed by atoms with E-state index in [9.17, 15) is 9.59 Å². The highest BCUT2D eigenvalue weighted by Crippen LogP contribution is 2.23. The number of nitrogens with one attached hydrogen (secondary N) is 1. The Morgan fingerprint density at radius 3 is 2.58 bits per heavy atom. The number of para-hydroxylation sites is 1. The lowest BCUT2D eigenvalue weighted by Crippen LogP contribution is -2.36. The molecule has 0 bridgehead atoms. The van der Waals surface area contributed by atoms with E-state index in [4.69, 9.17) is 4.74 Å². The number of anilines is 1. The van der Waals surface area contributed by atoms with Crippen LogP contribution < -0.4 is 10.1 Å². The van der Waals surface area contributed by atoms with Crippen LogP contribution in [0.4, 0.5) is 5.69 Å². The fourth-order valence-electron chi connectivity index (χ4n) is 3.08. The molecule has 0 spiro atoms. The summed E-state index contributed by atoms with van der Waals surface area (Å²) in [6, 6.07) is 13.4. The molecule has 3 rings (SSSR count). The van der Waals surface area contributed by atoms with Crippen LogP contribution in [0.15, 0.2) is 60.0 Å². The number of nitrogens with zero attached hydrogens (tertiary/aromatic N) is 3. The number of carbonyl (C=O) groups is 2. The van der Waals surface area contributed by atoms with E-state index in [0.717, 1.165) is 28.3 Å². The van der Waals surface area contributed by atoms with Gasteiger partial charge in [0.05, 0.1) is 25.1 Å². The molecule has 1 N–H and O–H groups in total. The molecule has 2 aromatic carbocycles. The van der Waals surface area contributed by atoms with Crippen LogP contribution >= 0.6 is 11.8 Å². The highest BCUT2D eigenvalue weighted by molar-refractivity contribution is 7.99. The van der Waals surface area contributed by atoms with Gasteiger partial charge in [-0.25, -0.2) is 4.98 Å². The van der Waals surface area contributed by atoms with Crippen molar-refractivity contribution in [3.63, 3.8) is 0 Å². The van der Waals surface area contributed by atoms with Gasteiger partial charge in [-0.1, -0.05) is 36.0 Å². The summed E-state index contributed by atoms with van der Waals surface area (Å²) in [6.07, 6.45) is 3.53. The predicted molar refractivity (Wildman–Crippen MR) is 123 cm³/mol. The largest absolute Gasteiger partial charge is 0.497 e. The molecule has 0 saturated carbocycles. The number of methoxy groups -OCH3 is 1. The van der Waals surface area contributed by atoms with Gasteiger partial charge >= 0.3 is 0 Å². The third-order valence-electron chi connectivity index (χ3n) is 4.82. The third kappa shape index (κ3) is 5.67. The van der Waals surface area contributed by atoms with Crippen molar-refractivity contribution >= 4 is 29.3 Å². The SMILES string of the molecule is COc1cccc(-n2ccnc2SCC(=O)N(C)CC(=O)Nc2c(C)cccc2C)c1. The molecule has 162 valence electrons. The summed E-state index contributed by atoms with van der Waals surface area (Å²) in [5.41, 5.74) is 3.67. The first-order chi connectivity index (χ1) is 14.9. The van der Waals surface area contributed by atoms with Crippen molar-refractivity contribution in [1.29, 1.82) is 0 Å². The second-order valence-electron chi connectivity index (χ2n) is 7.13. The van der Waals surface area contributed by atoms with Crippen molar-refractivity contribution in [3.05, 3.63) is 66.0 Å². The molecular weight excluding hydrogens is 412 g/mol. The predicted octanol–water partition coefficient (Wildman–Crippen LogP) is 3.69. The molecule has 8 heteroatoms. The first kappa shape index (κ1) is 22.4. The molecular formula is C23H26N4O3S. The Kier molecular flexibility index (Phi) is 7.36. The summed E-state index contributed by atoms with van der Waals surface area (Å²) in [4.78, 5) is 30.8. The zero-order valence-corrected chi connectivity index (χ0v) is 18.9. The number of thioether (sulfide) groups is 1. The van der Waals surface area contributed by atoms with E-state index in [-0.39, 0.29) is 24.1 Å². The van der Waals surface area contributed by atoms with Gasteiger partial charge in [0.1, 0.15) is 5.75 Å². The van der Waals surface area contributed by atoms with Crippen molar-refractivity contribution < 1.29 is 14.3 Å². The molecule has 0 aliphatic rings. The summed E-state index contributed by atoms with van der Waals surface area (Å²) in [6.45, 7) is 3.87. The maximum atomic E-state index is 12.6. The number of aromatic nitrogens is 2. The highest BCUT2D eigenvalue weighted by atomic mass is 32.2. The smallest absolute Gasteiger partial charge is 0.243 e. The summed E-state index contributed by atoms with van der Waals surface area (Å²) >= 11 is 1.32. The van der Waals surface area contributed by atoms with Gasteiger partial charge in [0.2, 0.25) is 11.8 Å². The molecule has 0 aliphatic carbocycles. The second-order valence-corrected chi connectivity index (χ2v) is 8.08. The van der Waals surface area contributed by atoms with Gasteiger partial charge in [0, 0.05) is 31.2 Å². The molecule has 0 aliphatic heterocycles. The number of benzene rings is 2. The van der Waals surface area contributed by atoms with Crippen LogP contribution in [0, 0.1) is 13.8 Å². The van der Waals surface area contributed by atoms with Crippen LogP contribution in [-0.2, 0) is 9.59 Å². The van der Waals surface area contributed by atoms with E-state index >= 15 is 0 Å². The average Bonchev–Trinajstić information content (AvgIpc) is 3.23. The molecule has 0 radical (unpaired) electrons. The van der Waals surface area contributed by atoms with Crippen LogP contribution in [0.1, 0.15) is 11.1 Å². The van der Waals surface area contributed by atoms with Crippen molar-refractivity contribution in [2.45, 2.75) is 19.0 Å². The minimum absolute atomic E-state index is 0.0164. The van der Waals surface area contributed by atoms with E-state index in [2.05, 4.69) is 10.3 Å². The topological polar surface area (TPSA) is 76.5 Å². The van der Waals surface area contributed by atoms with Crippen LogP contribution in [-0.4, -0.2) is 52.7 Å².